The van der Waals surface area contributed by atoms with Gasteiger partial charge in [-0.1, -0.05) is 39.3 Å². The monoisotopic (exact) mass is 287 g/mol. The zero-order valence-electron chi connectivity index (χ0n) is 13.4. The second-order valence-electron chi connectivity index (χ2n) is 7.22. The molecule has 3 rings (SSSR count). The molecular weight excluding hydrogens is 262 g/mol. The quantitative estimate of drug-likeness (QED) is 0.794. The number of carbonyl (C=O) groups excluding carboxylic acids is 1. The maximum atomic E-state index is 12.1. The molecule has 3 nitrogen and oxygen atoms in total. The Bertz CT molecular complexity index is 564. The first-order valence-corrected chi connectivity index (χ1v) is 7.93. The van der Waals surface area contributed by atoms with Crippen molar-refractivity contribution in [2.24, 2.45) is 11.8 Å². The van der Waals surface area contributed by atoms with Crippen molar-refractivity contribution in [3.05, 3.63) is 29.3 Å². The fourth-order valence-corrected chi connectivity index (χ4v) is 4.31. The predicted octanol–water partition coefficient (Wildman–Crippen LogP) is 3.98. The summed E-state index contributed by atoms with van der Waals surface area (Å²) in [7, 11) is 1.45. The molecule has 0 bridgehead atoms. The minimum atomic E-state index is -0.252. The highest BCUT2D eigenvalue weighted by Gasteiger charge is 2.45. The number of rotatable bonds is 1. The summed E-state index contributed by atoms with van der Waals surface area (Å²) in [5, 5.41) is 3.67. The van der Waals surface area contributed by atoms with E-state index < -0.39 is 0 Å². The fraction of sp³-hybridized carbons (Fsp3) is 0.611. The lowest BCUT2D eigenvalue weighted by molar-refractivity contribution is 0.0601. The molecule has 0 spiro atoms. The smallest absolute Gasteiger partial charge is 0.339 e. The molecule has 1 saturated carbocycles. The van der Waals surface area contributed by atoms with Gasteiger partial charge in [-0.05, 0) is 41.7 Å². The van der Waals surface area contributed by atoms with Crippen LogP contribution in [0, 0.1) is 11.8 Å². The molecule has 2 unspecified atom stereocenters. The standard InChI is InChI=1S/C18H25NO2/c1-11-8-9-13-15(10-11)19-16-12(17(20)21-4)6-5-7-14(16)18(13,2)3/h5-7,11,13,15,19H,8-10H2,1-4H3/t11-,13?,15?/m1/s1. The molecule has 1 aliphatic heterocycles. The van der Waals surface area contributed by atoms with E-state index in [4.69, 9.17) is 4.74 Å². The summed E-state index contributed by atoms with van der Waals surface area (Å²) >= 11 is 0. The van der Waals surface area contributed by atoms with Gasteiger partial charge in [0.1, 0.15) is 0 Å². The molecule has 1 fully saturated rings. The van der Waals surface area contributed by atoms with Crippen LogP contribution < -0.4 is 5.32 Å². The first-order valence-electron chi connectivity index (χ1n) is 7.93. The summed E-state index contributed by atoms with van der Waals surface area (Å²) in [6, 6.07) is 6.45. The van der Waals surface area contributed by atoms with Crippen molar-refractivity contribution in [2.75, 3.05) is 12.4 Å². The number of fused-ring (bicyclic) bond motifs is 2. The van der Waals surface area contributed by atoms with Crippen LogP contribution in [0.1, 0.15) is 56.0 Å². The topological polar surface area (TPSA) is 38.3 Å². The van der Waals surface area contributed by atoms with Gasteiger partial charge in [-0.15, -0.1) is 0 Å². The Morgan fingerprint density at radius 2 is 2.10 bits per heavy atom. The predicted molar refractivity (Wildman–Crippen MR) is 84.7 cm³/mol. The molecule has 1 aliphatic carbocycles. The molecule has 0 saturated heterocycles. The van der Waals surface area contributed by atoms with E-state index >= 15 is 0 Å². The van der Waals surface area contributed by atoms with Gasteiger partial charge in [0.15, 0.2) is 0 Å². The highest BCUT2D eigenvalue weighted by molar-refractivity contribution is 5.97. The van der Waals surface area contributed by atoms with Crippen LogP contribution in [0.25, 0.3) is 0 Å². The fourth-order valence-electron chi connectivity index (χ4n) is 4.31. The number of para-hydroxylation sites is 1. The molecular formula is C18H25NO2. The maximum absolute atomic E-state index is 12.1. The summed E-state index contributed by atoms with van der Waals surface area (Å²) in [5.74, 6) is 1.13. The molecule has 1 N–H and O–H groups in total. The Balaban J connectivity index is 2.09. The number of hydrogen-bond donors (Lipinski definition) is 1. The lowest BCUT2D eigenvalue weighted by atomic mass is 9.61. The lowest BCUT2D eigenvalue weighted by Crippen LogP contribution is -2.49. The van der Waals surface area contributed by atoms with Crippen molar-refractivity contribution < 1.29 is 9.53 Å². The molecule has 2 aliphatic rings. The van der Waals surface area contributed by atoms with Crippen molar-refractivity contribution >= 4 is 11.7 Å². The molecule has 1 heterocycles. The van der Waals surface area contributed by atoms with E-state index in [0.29, 0.717) is 17.5 Å². The van der Waals surface area contributed by atoms with Crippen LogP contribution in [0.3, 0.4) is 0 Å². The normalized spacial score (nSPS) is 29.8. The number of esters is 1. The van der Waals surface area contributed by atoms with E-state index in [1.165, 1.54) is 31.9 Å². The average molecular weight is 287 g/mol. The first-order chi connectivity index (χ1) is 9.95. The Morgan fingerprint density at radius 1 is 1.33 bits per heavy atom. The highest BCUT2D eigenvalue weighted by atomic mass is 16.5. The number of hydrogen-bond acceptors (Lipinski definition) is 3. The Kier molecular flexibility index (Phi) is 3.46. The average Bonchev–Trinajstić information content (AvgIpc) is 2.45. The van der Waals surface area contributed by atoms with Crippen LogP contribution >= 0.6 is 0 Å². The van der Waals surface area contributed by atoms with Gasteiger partial charge >= 0.3 is 5.97 Å². The van der Waals surface area contributed by atoms with E-state index in [1.54, 1.807) is 0 Å². The number of carbonyl (C=O) groups is 1. The number of nitrogens with one attached hydrogen (secondary N) is 1. The minimum absolute atomic E-state index is 0.0927. The molecule has 1 aromatic carbocycles. The lowest BCUT2D eigenvalue weighted by Gasteiger charge is -2.50. The molecule has 21 heavy (non-hydrogen) atoms. The number of methoxy groups -OCH3 is 1. The summed E-state index contributed by atoms with van der Waals surface area (Å²) in [6.07, 6.45) is 3.75. The highest BCUT2D eigenvalue weighted by Crippen LogP contribution is 2.49. The van der Waals surface area contributed by atoms with Crippen molar-refractivity contribution in [1.29, 1.82) is 0 Å². The zero-order valence-corrected chi connectivity index (χ0v) is 13.4. The third-order valence-corrected chi connectivity index (χ3v) is 5.53. The van der Waals surface area contributed by atoms with Gasteiger partial charge in [-0.2, -0.15) is 0 Å². The van der Waals surface area contributed by atoms with Gasteiger partial charge in [-0.3, -0.25) is 0 Å². The van der Waals surface area contributed by atoms with Gasteiger partial charge in [0.05, 0.1) is 18.4 Å². The van der Waals surface area contributed by atoms with Gasteiger partial charge in [0.2, 0.25) is 0 Å². The molecule has 1 aromatic rings. The van der Waals surface area contributed by atoms with Crippen LogP contribution in [-0.2, 0) is 10.2 Å². The summed E-state index contributed by atoms with van der Waals surface area (Å²) in [5.41, 5.74) is 3.00. The van der Waals surface area contributed by atoms with Crippen LogP contribution in [0.2, 0.25) is 0 Å². The molecule has 114 valence electrons. The number of ether oxygens (including phenoxy) is 1. The summed E-state index contributed by atoms with van der Waals surface area (Å²) in [4.78, 5) is 12.1. The van der Waals surface area contributed by atoms with Crippen LogP contribution in [0.4, 0.5) is 5.69 Å². The van der Waals surface area contributed by atoms with Crippen molar-refractivity contribution in [3.63, 3.8) is 0 Å². The van der Waals surface area contributed by atoms with Gasteiger partial charge in [0.25, 0.3) is 0 Å². The first kappa shape index (κ1) is 14.4. The third kappa shape index (κ3) is 2.23. The summed E-state index contributed by atoms with van der Waals surface area (Å²) < 4.78 is 4.95. The third-order valence-electron chi connectivity index (χ3n) is 5.53. The molecule has 0 aromatic heterocycles. The molecule has 0 amide bonds. The van der Waals surface area contributed by atoms with E-state index in [1.807, 2.05) is 12.1 Å². The second-order valence-corrected chi connectivity index (χ2v) is 7.22. The van der Waals surface area contributed by atoms with E-state index in [9.17, 15) is 4.79 Å². The Hall–Kier alpha value is -1.51. The van der Waals surface area contributed by atoms with Gasteiger partial charge in [0, 0.05) is 6.04 Å². The van der Waals surface area contributed by atoms with Crippen LogP contribution in [0.15, 0.2) is 18.2 Å². The van der Waals surface area contributed by atoms with Crippen molar-refractivity contribution in [1.82, 2.24) is 0 Å². The van der Waals surface area contributed by atoms with Crippen molar-refractivity contribution in [3.8, 4) is 0 Å². The second kappa shape index (κ2) is 5.04. The van der Waals surface area contributed by atoms with Gasteiger partial charge < -0.3 is 10.1 Å². The van der Waals surface area contributed by atoms with Crippen LogP contribution in [-0.4, -0.2) is 19.1 Å². The molecule has 3 atom stereocenters. The zero-order chi connectivity index (χ0) is 15.2. The number of anilines is 1. The Labute approximate surface area is 127 Å². The molecule has 0 radical (unpaired) electrons. The largest absolute Gasteiger partial charge is 0.465 e. The Morgan fingerprint density at radius 3 is 2.81 bits per heavy atom. The van der Waals surface area contributed by atoms with E-state index in [0.717, 1.165) is 11.6 Å². The molecule has 3 heteroatoms. The van der Waals surface area contributed by atoms with Crippen LogP contribution in [0.5, 0.6) is 0 Å². The summed E-state index contributed by atoms with van der Waals surface area (Å²) in [6.45, 7) is 6.97. The van der Waals surface area contributed by atoms with Crippen molar-refractivity contribution in [2.45, 2.75) is 51.5 Å². The maximum Gasteiger partial charge on any atom is 0.339 e. The minimum Gasteiger partial charge on any atom is -0.465 e. The van der Waals surface area contributed by atoms with E-state index in [-0.39, 0.29) is 11.4 Å². The van der Waals surface area contributed by atoms with Gasteiger partial charge in [-0.25, -0.2) is 4.79 Å². The SMILES string of the molecule is COC(=O)c1cccc2c1NC1C[C@H](C)CCC1C2(C)C. The van der Waals surface area contributed by atoms with E-state index in [2.05, 4.69) is 32.2 Å². The number of benzene rings is 1.